The molecule has 1 aromatic rings. The third-order valence-electron chi connectivity index (χ3n) is 5.31. The van der Waals surface area contributed by atoms with E-state index >= 15 is 0 Å². The number of ether oxygens (including phenoxy) is 3. The predicted molar refractivity (Wildman–Crippen MR) is 101 cm³/mol. The van der Waals surface area contributed by atoms with Crippen LogP contribution in [0.15, 0.2) is 30.3 Å². The highest BCUT2D eigenvalue weighted by Gasteiger charge is 2.52. The summed E-state index contributed by atoms with van der Waals surface area (Å²) in [5.74, 6) is -2.32. The topological polar surface area (TPSA) is 215 Å². The molecule has 2 saturated heterocycles. The van der Waals surface area contributed by atoms with E-state index in [1.54, 1.807) is 18.2 Å². The lowest BCUT2D eigenvalue weighted by Crippen LogP contribution is -2.68. The Morgan fingerprint density at radius 2 is 1.59 bits per heavy atom. The van der Waals surface area contributed by atoms with Gasteiger partial charge in [0.2, 0.25) is 0 Å². The van der Waals surface area contributed by atoms with Crippen LogP contribution in [0.4, 0.5) is 0 Å². The molecule has 2 aliphatic heterocycles. The molecule has 0 bridgehead atoms. The molecule has 2 fully saturated rings. The predicted octanol–water partition coefficient (Wildman–Crippen LogP) is -3.87. The minimum atomic E-state index is -1.97. The largest absolute Gasteiger partial charge is 0.479 e. The van der Waals surface area contributed by atoms with Gasteiger partial charge in [0.25, 0.3) is 5.91 Å². The molecule has 2 heterocycles. The van der Waals surface area contributed by atoms with E-state index in [4.69, 9.17) is 14.2 Å². The maximum atomic E-state index is 12.6. The number of carbonyl (C=O) groups excluding carboxylic acids is 1. The van der Waals surface area contributed by atoms with Gasteiger partial charge >= 0.3 is 5.97 Å². The first kappa shape index (κ1) is 24.4. The first-order chi connectivity index (χ1) is 15.1. The van der Waals surface area contributed by atoms with Crippen LogP contribution in [0.2, 0.25) is 0 Å². The fourth-order valence-electron chi connectivity index (χ4n) is 3.54. The van der Waals surface area contributed by atoms with Gasteiger partial charge in [-0.05, 0) is 12.1 Å². The highest BCUT2D eigenvalue weighted by atomic mass is 16.7. The number of benzene rings is 1. The quantitative estimate of drug-likeness (QED) is 0.205. The smallest absolute Gasteiger partial charge is 0.335 e. The van der Waals surface area contributed by atoms with Gasteiger partial charge in [0.1, 0.15) is 42.7 Å². The second-order valence-corrected chi connectivity index (χ2v) is 7.44. The number of carbonyl (C=O) groups is 2. The molecule has 8 N–H and O–H groups in total. The van der Waals surface area contributed by atoms with Crippen molar-refractivity contribution in [1.82, 2.24) is 5.32 Å². The molecule has 2 aliphatic rings. The number of aliphatic hydroxyl groups is 6. The third kappa shape index (κ3) is 4.91. The van der Waals surface area contributed by atoms with E-state index in [1.165, 1.54) is 12.1 Å². The Bertz CT molecular complexity index is 794. The van der Waals surface area contributed by atoms with Crippen LogP contribution in [-0.4, -0.2) is 116 Å². The van der Waals surface area contributed by atoms with Crippen LogP contribution in [0.25, 0.3) is 0 Å². The molecule has 3 rings (SSSR count). The molecular formula is C19H25NO12. The lowest BCUT2D eigenvalue weighted by Gasteiger charge is -2.46. The van der Waals surface area contributed by atoms with Crippen LogP contribution in [0.1, 0.15) is 10.4 Å². The van der Waals surface area contributed by atoms with Crippen molar-refractivity contribution in [2.24, 2.45) is 0 Å². The van der Waals surface area contributed by atoms with Gasteiger partial charge in [-0.25, -0.2) is 4.79 Å². The summed E-state index contributed by atoms with van der Waals surface area (Å²) in [6.07, 6.45) is -16.1. The van der Waals surface area contributed by atoms with Crippen molar-refractivity contribution in [2.45, 2.75) is 61.3 Å². The van der Waals surface area contributed by atoms with Gasteiger partial charge in [0, 0.05) is 5.56 Å². The number of hydrogen-bond acceptors (Lipinski definition) is 11. The summed E-state index contributed by atoms with van der Waals surface area (Å²) in [7, 11) is 0. The number of carboxylic acid groups (broad SMARTS) is 1. The summed E-state index contributed by atoms with van der Waals surface area (Å²) in [5.41, 5.74) is 0.204. The monoisotopic (exact) mass is 459 g/mol. The highest BCUT2D eigenvalue weighted by Crippen LogP contribution is 2.29. The van der Waals surface area contributed by atoms with E-state index in [1.807, 2.05) is 0 Å². The second-order valence-electron chi connectivity index (χ2n) is 7.44. The Morgan fingerprint density at radius 3 is 2.19 bits per heavy atom. The minimum absolute atomic E-state index is 0.204. The Morgan fingerprint density at radius 1 is 0.938 bits per heavy atom. The van der Waals surface area contributed by atoms with Gasteiger partial charge in [0.15, 0.2) is 18.7 Å². The second kappa shape index (κ2) is 10.2. The van der Waals surface area contributed by atoms with Crippen molar-refractivity contribution in [3.05, 3.63) is 35.9 Å². The first-order valence-corrected chi connectivity index (χ1v) is 9.72. The van der Waals surface area contributed by atoms with Gasteiger partial charge < -0.3 is 55.3 Å². The number of hydrogen-bond donors (Lipinski definition) is 8. The highest BCUT2D eigenvalue weighted by molar-refractivity contribution is 5.94. The fourth-order valence-corrected chi connectivity index (χ4v) is 3.54. The Hall–Kier alpha value is -2.20. The normalized spacial score (nSPS) is 39.9. The fraction of sp³-hybridized carbons (Fsp3) is 0.579. The molecule has 0 saturated carbocycles. The Labute approximate surface area is 181 Å². The standard InChI is InChI=1S/C19H25NO12/c21-6-8-10(22)14(31-19-13(25)11(23)12(24)15(32-19)17(27)28)9(18(29)30-8)20-16(26)7-4-2-1-3-5-7/h1-5,8-15,18-19,21-25,29H,6H2,(H,20,26)(H,27,28)/t8-,9-,10-,11+,12+,13-,14-,15+,18-,19-/m1/s1. The number of nitrogens with one attached hydrogen (secondary N) is 1. The lowest BCUT2D eigenvalue weighted by molar-refractivity contribution is -0.336. The van der Waals surface area contributed by atoms with Gasteiger partial charge in [-0.15, -0.1) is 0 Å². The van der Waals surface area contributed by atoms with Gasteiger partial charge in [-0.1, -0.05) is 18.2 Å². The van der Waals surface area contributed by atoms with Crippen LogP contribution in [-0.2, 0) is 19.0 Å². The maximum Gasteiger partial charge on any atom is 0.335 e. The number of carboxylic acids is 1. The van der Waals surface area contributed by atoms with Crippen molar-refractivity contribution in [3.63, 3.8) is 0 Å². The van der Waals surface area contributed by atoms with E-state index in [9.17, 15) is 45.3 Å². The van der Waals surface area contributed by atoms with Crippen molar-refractivity contribution < 1.29 is 59.5 Å². The summed E-state index contributed by atoms with van der Waals surface area (Å²) >= 11 is 0. The molecule has 13 nitrogen and oxygen atoms in total. The summed E-state index contributed by atoms with van der Waals surface area (Å²) < 4.78 is 15.6. The van der Waals surface area contributed by atoms with Crippen molar-refractivity contribution in [1.29, 1.82) is 0 Å². The molecule has 178 valence electrons. The Balaban J connectivity index is 1.84. The van der Waals surface area contributed by atoms with E-state index in [0.717, 1.165) is 0 Å². The molecule has 10 atom stereocenters. The third-order valence-corrected chi connectivity index (χ3v) is 5.31. The van der Waals surface area contributed by atoms with E-state index < -0.39 is 79.8 Å². The van der Waals surface area contributed by atoms with E-state index in [2.05, 4.69) is 5.32 Å². The average Bonchev–Trinajstić information content (AvgIpc) is 2.78. The van der Waals surface area contributed by atoms with Crippen molar-refractivity contribution in [2.75, 3.05) is 6.61 Å². The molecule has 13 heteroatoms. The molecule has 32 heavy (non-hydrogen) atoms. The Kier molecular flexibility index (Phi) is 7.76. The number of aliphatic carboxylic acids is 1. The van der Waals surface area contributed by atoms with Crippen LogP contribution >= 0.6 is 0 Å². The summed E-state index contributed by atoms with van der Waals surface area (Å²) in [6, 6.07) is 6.38. The molecular weight excluding hydrogens is 434 g/mol. The zero-order valence-corrected chi connectivity index (χ0v) is 16.5. The lowest BCUT2D eigenvalue weighted by atomic mass is 9.95. The maximum absolute atomic E-state index is 12.6. The molecule has 0 spiro atoms. The van der Waals surface area contributed by atoms with Crippen molar-refractivity contribution >= 4 is 11.9 Å². The minimum Gasteiger partial charge on any atom is -0.479 e. The first-order valence-electron chi connectivity index (χ1n) is 9.72. The van der Waals surface area contributed by atoms with Gasteiger partial charge in [-0.3, -0.25) is 4.79 Å². The average molecular weight is 459 g/mol. The molecule has 1 amide bonds. The van der Waals surface area contributed by atoms with Crippen LogP contribution in [0.5, 0.6) is 0 Å². The summed E-state index contributed by atoms with van der Waals surface area (Å²) in [6.45, 7) is -0.745. The number of amides is 1. The van der Waals surface area contributed by atoms with E-state index in [-0.39, 0.29) is 5.56 Å². The van der Waals surface area contributed by atoms with Crippen LogP contribution < -0.4 is 5.32 Å². The SMILES string of the molecule is O=C(N[C@@H]1[C@@H](O[C@@H]2O[C@H](C(=O)O)[C@@H](O)[C@H](O)[C@H]2O)[C@H](O)[C@@H](CO)O[C@H]1O)c1ccccc1. The zero-order valence-electron chi connectivity index (χ0n) is 16.5. The molecule has 1 aromatic carbocycles. The summed E-state index contributed by atoms with van der Waals surface area (Å²) in [5, 5.41) is 71.9. The van der Waals surface area contributed by atoms with Crippen LogP contribution in [0, 0.1) is 0 Å². The molecule has 0 unspecified atom stereocenters. The number of aliphatic hydroxyl groups excluding tert-OH is 6. The van der Waals surface area contributed by atoms with Crippen LogP contribution in [0.3, 0.4) is 0 Å². The molecule has 0 aliphatic carbocycles. The van der Waals surface area contributed by atoms with E-state index in [0.29, 0.717) is 0 Å². The summed E-state index contributed by atoms with van der Waals surface area (Å²) in [4.78, 5) is 23.9. The molecule has 0 aromatic heterocycles. The molecule has 0 radical (unpaired) electrons. The van der Waals surface area contributed by atoms with Gasteiger partial charge in [0.05, 0.1) is 6.61 Å². The zero-order chi connectivity index (χ0) is 23.6. The van der Waals surface area contributed by atoms with Crippen molar-refractivity contribution in [3.8, 4) is 0 Å². The number of rotatable bonds is 6. The van der Waals surface area contributed by atoms with Gasteiger partial charge in [-0.2, -0.15) is 0 Å².